The van der Waals surface area contributed by atoms with Crippen molar-refractivity contribution in [2.24, 2.45) is 5.16 Å². The Kier molecular flexibility index (Phi) is 5.32. The molecule has 0 aliphatic rings. The van der Waals surface area contributed by atoms with Crippen LogP contribution in [0.25, 0.3) is 0 Å². The fraction of sp³-hybridized carbons (Fsp3) is 0.143. The average molecular weight is 336 g/mol. The normalized spacial score (nSPS) is 10.6. The number of hydrogen-bond acceptors (Lipinski definition) is 7. The lowest BCUT2D eigenvalue weighted by atomic mass is 10.3. The van der Waals surface area contributed by atoms with Gasteiger partial charge in [-0.2, -0.15) is 0 Å². The highest BCUT2D eigenvalue weighted by atomic mass is 35.5. The number of carbonyl (C=O) groups is 1. The smallest absolute Gasteiger partial charge is 0.233 e. The molecule has 0 bridgehead atoms. The summed E-state index contributed by atoms with van der Waals surface area (Å²) in [5, 5.41) is 6.55. The molecule has 0 aliphatic heterocycles. The van der Waals surface area contributed by atoms with Crippen LogP contribution in [0, 0.1) is 0 Å². The van der Waals surface area contributed by atoms with Crippen LogP contribution in [0.1, 0.15) is 12.5 Å². The zero-order valence-corrected chi connectivity index (χ0v) is 13.2. The standard InChI is InChI=1S/C14H14ClN5O3/c1-8(21)20-9-3-4-12(11(15)5-9)23-14-10(6-19-22-2)13(16)17-7-18-14/h3-7H,1-2H3,(H,20,21)(H2,16,17,18)/b19-6+. The third kappa shape index (κ3) is 4.30. The Morgan fingerprint density at radius 1 is 1.43 bits per heavy atom. The molecule has 0 saturated carbocycles. The van der Waals surface area contributed by atoms with Gasteiger partial charge in [0.25, 0.3) is 0 Å². The molecule has 0 aliphatic carbocycles. The number of oxime groups is 1. The summed E-state index contributed by atoms with van der Waals surface area (Å²) in [6, 6.07) is 4.81. The van der Waals surface area contributed by atoms with Gasteiger partial charge in [0.1, 0.15) is 30.6 Å². The summed E-state index contributed by atoms with van der Waals surface area (Å²) in [7, 11) is 1.40. The Hall–Kier alpha value is -2.87. The number of nitrogens with zero attached hydrogens (tertiary/aromatic N) is 3. The minimum Gasteiger partial charge on any atom is -0.437 e. The lowest BCUT2D eigenvalue weighted by Crippen LogP contribution is -2.06. The molecule has 0 atom stereocenters. The molecule has 1 aromatic heterocycles. The zero-order valence-electron chi connectivity index (χ0n) is 12.4. The average Bonchev–Trinajstić information content (AvgIpc) is 2.49. The van der Waals surface area contributed by atoms with Gasteiger partial charge in [0.15, 0.2) is 0 Å². The van der Waals surface area contributed by atoms with Crippen molar-refractivity contribution in [1.82, 2.24) is 9.97 Å². The molecule has 0 unspecified atom stereocenters. The predicted octanol–water partition coefficient (Wildman–Crippen LogP) is 2.44. The van der Waals surface area contributed by atoms with Gasteiger partial charge in [0.2, 0.25) is 11.8 Å². The topological polar surface area (TPSA) is 112 Å². The third-order valence-electron chi connectivity index (χ3n) is 2.62. The van der Waals surface area contributed by atoms with Gasteiger partial charge >= 0.3 is 0 Å². The van der Waals surface area contributed by atoms with Crippen LogP contribution in [0.15, 0.2) is 29.7 Å². The van der Waals surface area contributed by atoms with Crippen molar-refractivity contribution < 1.29 is 14.4 Å². The lowest BCUT2D eigenvalue weighted by molar-refractivity contribution is -0.114. The molecular weight excluding hydrogens is 322 g/mol. The second-order valence-corrected chi connectivity index (χ2v) is 4.73. The molecule has 120 valence electrons. The lowest BCUT2D eigenvalue weighted by Gasteiger charge is -2.11. The number of nitrogens with two attached hydrogens (primary N) is 1. The van der Waals surface area contributed by atoms with Crippen LogP contribution in [-0.4, -0.2) is 29.2 Å². The number of benzene rings is 1. The number of carbonyl (C=O) groups excluding carboxylic acids is 1. The first-order valence-corrected chi connectivity index (χ1v) is 6.81. The maximum absolute atomic E-state index is 11.0. The van der Waals surface area contributed by atoms with Crippen LogP contribution in [0.4, 0.5) is 11.5 Å². The van der Waals surface area contributed by atoms with E-state index in [1.54, 1.807) is 18.2 Å². The number of nitrogens with one attached hydrogen (secondary N) is 1. The molecule has 0 radical (unpaired) electrons. The summed E-state index contributed by atoms with van der Waals surface area (Å²) in [6.45, 7) is 1.41. The Bertz CT molecular complexity index is 751. The van der Waals surface area contributed by atoms with Crippen molar-refractivity contribution in [3.63, 3.8) is 0 Å². The van der Waals surface area contributed by atoms with Gasteiger partial charge in [-0.05, 0) is 18.2 Å². The highest BCUT2D eigenvalue weighted by Crippen LogP contribution is 2.32. The first-order valence-electron chi connectivity index (χ1n) is 6.43. The quantitative estimate of drug-likeness (QED) is 0.641. The highest BCUT2D eigenvalue weighted by Gasteiger charge is 2.12. The molecule has 2 rings (SSSR count). The van der Waals surface area contributed by atoms with Gasteiger partial charge in [-0.1, -0.05) is 16.8 Å². The fourth-order valence-corrected chi connectivity index (χ4v) is 1.89. The molecular formula is C14H14ClN5O3. The van der Waals surface area contributed by atoms with Gasteiger partial charge in [0, 0.05) is 12.6 Å². The van der Waals surface area contributed by atoms with Gasteiger partial charge in [-0.3, -0.25) is 4.79 Å². The highest BCUT2D eigenvalue weighted by molar-refractivity contribution is 6.32. The molecule has 1 aromatic carbocycles. The maximum Gasteiger partial charge on any atom is 0.233 e. The molecule has 8 nitrogen and oxygen atoms in total. The molecule has 9 heteroatoms. The van der Waals surface area contributed by atoms with E-state index in [-0.39, 0.29) is 17.6 Å². The van der Waals surface area contributed by atoms with E-state index >= 15 is 0 Å². The number of nitrogen functional groups attached to an aromatic ring is 1. The van der Waals surface area contributed by atoms with E-state index in [2.05, 4.69) is 25.3 Å². The number of halogens is 1. The van der Waals surface area contributed by atoms with Crippen LogP contribution >= 0.6 is 11.6 Å². The Morgan fingerprint density at radius 3 is 2.87 bits per heavy atom. The first kappa shape index (κ1) is 16.5. The molecule has 1 amide bonds. The number of anilines is 2. The minimum atomic E-state index is -0.198. The van der Waals surface area contributed by atoms with E-state index in [1.165, 1.54) is 26.6 Å². The molecule has 0 fully saturated rings. The summed E-state index contributed by atoms with van der Waals surface area (Å²) in [5.74, 6) is 0.497. The van der Waals surface area contributed by atoms with Gasteiger partial charge in [-0.25, -0.2) is 9.97 Å². The summed E-state index contributed by atoms with van der Waals surface area (Å²) < 4.78 is 5.66. The number of hydrogen-bond donors (Lipinski definition) is 2. The minimum absolute atomic E-state index is 0.174. The molecule has 0 spiro atoms. The monoisotopic (exact) mass is 335 g/mol. The third-order valence-corrected chi connectivity index (χ3v) is 2.92. The van der Waals surface area contributed by atoms with E-state index in [0.717, 1.165) is 0 Å². The number of aromatic nitrogens is 2. The Labute approximate surface area is 137 Å². The summed E-state index contributed by atoms with van der Waals surface area (Å²) in [6.07, 6.45) is 2.60. The fourth-order valence-electron chi connectivity index (χ4n) is 1.67. The largest absolute Gasteiger partial charge is 0.437 e. The summed E-state index contributed by atoms with van der Waals surface area (Å²) in [5.41, 5.74) is 6.69. The number of ether oxygens (including phenoxy) is 1. The molecule has 1 heterocycles. The predicted molar refractivity (Wildman–Crippen MR) is 86.9 cm³/mol. The van der Waals surface area contributed by atoms with Crippen LogP contribution < -0.4 is 15.8 Å². The van der Waals surface area contributed by atoms with Crippen LogP contribution in [0.3, 0.4) is 0 Å². The zero-order chi connectivity index (χ0) is 16.8. The van der Waals surface area contributed by atoms with E-state index in [1.807, 2.05) is 0 Å². The molecule has 23 heavy (non-hydrogen) atoms. The van der Waals surface area contributed by atoms with Crippen LogP contribution in [-0.2, 0) is 9.63 Å². The van der Waals surface area contributed by atoms with Crippen LogP contribution in [0.2, 0.25) is 5.02 Å². The Balaban J connectivity index is 2.31. The van der Waals surface area contributed by atoms with Crippen molar-refractivity contribution in [2.75, 3.05) is 18.2 Å². The van der Waals surface area contributed by atoms with E-state index in [0.29, 0.717) is 22.0 Å². The van der Waals surface area contributed by atoms with Gasteiger partial charge < -0.3 is 20.6 Å². The second kappa shape index (κ2) is 7.41. The molecule has 3 N–H and O–H groups in total. The van der Waals surface area contributed by atoms with E-state index < -0.39 is 0 Å². The summed E-state index contributed by atoms with van der Waals surface area (Å²) >= 11 is 6.15. The van der Waals surface area contributed by atoms with Crippen LogP contribution in [0.5, 0.6) is 11.6 Å². The SMILES string of the molecule is CO/N=C/c1c(N)ncnc1Oc1ccc(NC(C)=O)cc1Cl. The van der Waals surface area contributed by atoms with E-state index in [9.17, 15) is 4.79 Å². The van der Waals surface area contributed by atoms with E-state index in [4.69, 9.17) is 22.1 Å². The number of rotatable bonds is 5. The molecule has 0 saturated heterocycles. The number of amides is 1. The summed E-state index contributed by atoms with van der Waals surface area (Å²) in [4.78, 5) is 23.5. The van der Waals surface area contributed by atoms with Crippen molar-refractivity contribution in [1.29, 1.82) is 0 Å². The van der Waals surface area contributed by atoms with Crippen molar-refractivity contribution in [3.8, 4) is 11.6 Å². The van der Waals surface area contributed by atoms with Crippen molar-refractivity contribution in [2.45, 2.75) is 6.92 Å². The first-order chi connectivity index (χ1) is 11.0. The van der Waals surface area contributed by atoms with Gasteiger partial charge in [0.05, 0.1) is 11.2 Å². The van der Waals surface area contributed by atoms with Crippen molar-refractivity contribution >= 4 is 35.2 Å². The van der Waals surface area contributed by atoms with Gasteiger partial charge in [-0.15, -0.1) is 0 Å². The Morgan fingerprint density at radius 2 is 2.22 bits per heavy atom. The maximum atomic E-state index is 11.0. The van der Waals surface area contributed by atoms with Crippen molar-refractivity contribution in [3.05, 3.63) is 35.1 Å². The second-order valence-electron chi connectivity index (χ2n) is 4.32. The molecule has 2 aromatic rings.